The molecule has 20 heavy (non-hydrogen) atoms. The highest BCUT2D eigenvalue weighted by Gasteiger charge is 2.13. The van der Waals surface area contributed by atoms with Crippen molar-refractivity contribution in [3.05, 3.63) is 46.2 Å². The number of nitrogens with two attached hydrogens (primary N) is 1. The van der Waals surface area contributed by atoms with E-state index in [0.717, 1.165) is 0 Å². The van der Waals surface area contributed by atoms with Gasteiger partial charge in [-0.05, 0) is 12.1 Å². The third-order valence-electron chi connectivity index (χ3n) is 2.59. The van der Waals surface area contributed by atoms with Gasteiger partial charge in [0.15, 0.2) is 5.84 Å². The molecule has 0 aliphatic heterocycles. The average Bonchev–Trinajstić information content (AvgIpc) is 2.96. The van der Waals surface area contributed by atoms with Gasteiger partial charge in [-0.1, -0.05) is 17.3 Å². The van der Waals surface area contributed by atoms with Crippen LogP contribution in [0.15, 0.2) is 40.9 Å². The van der Waals surface area contributed by atoms with Crippen molar-refractivity contribution in [2.75, 3.05) is 12.4 Å². The first-order chi connectivity index (χ1) is 9.65. The first-order valence-electron chi connectivity index (χ1n) is 5.66. The van der Waals surface area contributed by atoms with Gasteiger partial charge >= 0.3 is 0 Å². The van der Waals surface area contributed by atoms with Crippen LogP contribution in [0.4, 0.5) is 5.69 Å². The molecule has 0 atom stereocenters. The topological polar surface area (TPSA) is 96.9 Å². The molecule has 1 aromatic heterocycles. The van der Waals surface area contributed by atoms with E-state index in [4.69, 9.17) is 15.7 Å². The van der Waals surface area contributed by atoms with E-state index in [1.807, 2.05) is 0 Å². The lowest BCUT2D eigenvalue weighted by atomic mass is 10.1. The molecule has 4 N–H and O–H groups in total. The lowest BCUT2D eigenvalue weighted by molar-refractivity contribution is 0.103. The number of amides is 1. The molecular formula is C13H13N3O3S. The highest BCUT2D eigenvalue weighted by Crippen LogP contribution is 2.23. The Morgan fingerprint density at radius 2 is 2.20 bits per heavy atom. The molecule has 0 spiro atoms. The van der Waals surface area contributed by atoms with Crippen molar-refractivity contribution in [1.82, 2.24) is 0 Å². The number of hydrogen-bond acceptors (Lipinski definition) is 5. The van der Waals surface area contributed by atoms with Gasteiger partial charge in [0.2, 0.25) is 0 Å². The first-order valence-corrected chi connectivity index (χ1v) is 6.54. The van der Waals surface area contributed by atoms with Gasteiger partial charge in [0.05, 0.1) is 17.7 Å². The molecule has 2 aromatic rings. The van der Waals surface area contributed by atoms with Crippen LogP contribution in [0.3, 0.4) is 0 Å². The molecule has 1 amide bonds. The fraction of sp³-hybridized carbons (Fsp3) is 0.0769. The summed E-state index contributed by atoms with van der Waals surface area (Å²) in [4.78, 5) is 12.6. The van der Waals surface area contributed by atoms with Crippen LogP contribution >= 0.6 is 11.3 Å². The van der Waals surface area contributed by atoms with Gasteiger partial charge < -0.3 is 21.0 Å². The lowest BCUT2D eigenvalue weighted by Crippen LogP contribution is -2.18. The van der Waals surface area contributed by atoms with Crippen molar-refractivity contribution in [2.24, 2.45) is 10.9 Å². The molecule has 0 unspecified atom stereocenters. The molecule has 0 saturated carbocycles. The summed E-state index contributed by atoms with van der Waals surface area (Å²) in [5.41, 5.74) is 6.49. The third kappa shape index (κ3) is 2.89. The molecule has 104 valence electrons. The Labute approximate surface area is 119 Å². The van der Waals surface area contributed by atoms with Crippen LogP contribution < -0.4 is 15.8 Å². The SMILES string of the molecule is COc1csc(C(=O)Nc2ccccc2/C(N)=N/O)c1. The van der Waals surface area contributed by atoms with E-state index in [1.54, 1.807) is 35.7 Å². The second-order valence-corrected chi connectivity index (χ2v) is 4.75. The molecule has 0 radical (unpaired) electrons. The molecule has 2 rings (SSSR count). The molecule has 6 nitrogen and oxygen atoms in total. The summed E-state index contributed by atoms with van der Waals surface area (Å²) >= 11 is 1.27. The maximum atomic E-state index is 12.1. The number of benzene rings is 1. The number of para-hydroxylation sites is 1. The minimum absolute atomic E-state index is 0.0651. The van der Waals surface area contributed by atoms with Gasteiger partial charge in [-0.3, -0.25) is 4.79 Å². The number of rotatable bonds is 4. The summed E-state index contributed by atoms with van der Waals surface area (Å²) < 4.78 is 5.03. The normalized spacial score (nSPS) is 11.2. The van der Waals surface area contributed by atoms with Crippen LogP contribution in [-0.4, -0.2) is 24.1 Å². The van der Waals surface area contributed by atoms with Crippen LogP contribution in [0.25, 0.3) is 0 Å². The summed E-state index contributed by atoms with van der Waals surface area (Å²) in [7, 11) is 1.54. The Morgan fingerprint density at radius 3 is 2.85 bits per heavy atom. The minimum atomic E-state index is -0.281. The number of nitrogens with one attached hydrogen (secondary N) is 1. The van der Waals surface area contributed by atoms with Crippen molar-refractivity contribution in [1.29, 1.82) is 0 Å². The van der Waals surface area contributed by atoms with Gasteiger partial charge in [-0.2, -0.15) is 0 Å². The monoisotopic (exact) mass is 291 g/mol. The highest BCUT2D eigenvalue weighted by molar-refractivity contribution is 7.12. The number of oxime groups is 1. The summed E-state index contributed by atoms with van der Waals surface area (Å²) in [5.74, 6) is 0.283. The highest BCUT2D eigenvalue weighted by atomic mass is 32.1. The number of amidine groups is 1. The number of anilines is 1. The standard InChI is InChI=1S/C13H13N3O3S/c1-19-8-6-11(20-7-8)13(17)15-10-5-3-2-4-9(10)12(14)16-18/h2-7,18H,1H3,(H2,14,16)(H,15,17). The van der Waals surface area contributed by atoms with Crippen LogP contribution in [0.2, 0.25) is 0 Å². The van der Waals surface area contributed by atoms with Gasteiger partial charge in [-0.15, -0.1) is 11.3 Å². The predicted octanol–water partition coefficient (Wildman–Crippen LogP) is 2.10. The van der Waals surface area contributed by atoms with E-state index in [2.05, 4.69) is 10.5 Å². The quantitative estimate of drug-likeness (QED) is 0.348. The van der Waals surface area contributed by atoms with E-state index in [1.165, 1.54) is 18.4 Å². The number of thiophene rings is 1. The molecule has 0 aliphatic rings. The molecule has 1 heterocycles. The number of nitrogens with zero attached hydrogens (tertiary/aromatic N) is 1. The van der Waals surface area contributed by atoms with Gasteiger partial charge in [-0.25, -0.2) is 0 Å². The molecule has 0 bridgehead atoms. The first kappa shape index (κ1) is 13.9. The van der Waals surface area contributed by atoms with Crippen LogP contribution in [-0.2, 0) is 0 Å². The van der Waals surface area contributed by atoms with Gasteiger partial charge in [0.1, 0.15) is 5.75 Å². The van der Waals surface area contributed by atoms with Gasteiger partial charge in [0, 0.05) is 17.0 Å². The Balaban J connectivity index is 2.24. The summed E-state index contributed by atoms with van der Waals surface area (Å²) in [5, 5.41) is 16.1. The van der Waals surface area contributed by atoms with Crippen molar-refractivity contribution in [2.45, 2.75) is 0 Å². The zero-order valence-electron chi connectivity index (χ0n) is 10.7. The van der Waals surface area contributed by atoms with E-state index in [0.29, 0.717) is 21.9 Å². The minimum Gasteiger partial charge on any atom is -0.496 e. The van der Waals surface area contributed by atoms with E-state index in [-0.39, 0.29) is 11.7 Å². The number of methoxy groups -OCH3 is 1. The predicted molar refractivity (Wildman–Crippen MR) is 77.8 cm³/mol. The van der Waals surface area contributed by atoms with Gasteiger partial charge in [0.25, 0.3) is 5.91 Å². The maximum Gasteiger partial charge on any atom is 0.265 e. The van der Waals surface area contributed by atoms with E-state index in [9.17, 15) is 4.79 Å². The number of carbonyl (C=O) groups excluding carboxylic acids is 1. The zero-order chi connectivity index (χ0) is 14.5. The van der Waals surface area contributed by atoms with Crippen LogP contribution in [0.1, 0.15) is 15.2 Å². The van der Waals surface area contributed by atoms with Crippen molar-refractivity contribution in [3.63, 3.8) is 0 Å². The zero-order valence-corrected chi connectivity index (χ0v) is 11.5. The second kappa shape index (κ2) is 6.07. The molecule has 0 aliphatic carbocycles. The summed E-state index contributed by atoms with van der Waals surface area (Å²) in [6.07, 6.45) is 0. The van der Waals surface area contributed by atoms with E-state index >= 15 is 0 Å². The fourth-order valence-corrected chi connectivity index (χ4v) is 2.35. The Kier molecular flexibility index (Phi) is 4.21. The summed E-state index contributed by atoms with van der Waals surface area (Å²) in [6, 6.07) is 8.46. The van der Waals surface area contributed by atoms with Crippen molar-refractivity contribution < 1.29 is 14.7 Å². The Bertz CT molecular complexity index is 652. The smallest absolute Gasteiger partial charge is 0.265 e. The maximum absolute atomic E-state index is 12.1. The van der Waals surface area contributed by atoms with Crippen molar-refractivity contribution in [3.8, 4) is 5.75 Å². The van der Waals surface area contributed by atoms with Crippen molar-refractivity contribution >= 4 is 28.8 Å². The Hall–Kier alpha value is -2.54. The third-order valence-corrected chi connectivity index (χ3v) is 3.50. The Morgan fingerprint density at radius 1 is 1.45 bits per heavy atom. The largest absolute Gasteiger partial charge is 0.496 e. The lowest BCUT2D eigenvalue weighted by Gasteiger charge is -2.08. The molecule has 0 saturated heterocycles. The summed E-state index contributed by atoms with van der Waals surface area (Å²) in [6.45, 7) is 0. The average molecular weight is 291 g/mol. The van der Waals surface area contributed by atoms with Crippen LogP contribution in [0, 0.1) is 0 Å². The number of ether oxygens (including phenoxy) is 1. The number of carbonyl (C=O) groups is 1. The van der Waals surface area contributed by atoms with E-state index < -0.39 is 0 Å². The fourth-order valence-electron chi connectivity index (χ4n) is 1.60. The molecular weight excluding hydrogens is 278 g/mol. The number of hydrogen-bond donors (Lipinski definition) is 3. The molecule has 1 aromatic carbocycles. The molecule has 7 heteroatoms. The second-order valence-electron chi connectivity index (χ2n) is 3.84. The van der Waals surface area contributed by atoms with Crippen LogP contribution in [0.5, 0.6) is 5.75 Å². The molecule has 0 fully saturated rings.